The normalized spacial score (nSPS) is 19.1. The van der Waals surface area contributed by atoms with Crippen molar-refractivity contribution in [3.05, 3.63) is 26.5 Å². The lowest BCUT2D eigenvalue weighted by Gasteiger charge is -2.14. The predicted octanol–water partition coefficient (Wildman–Crippen LogP) is -1.15. The second-order valence-corrected chi connectivity index (χ2v) is 6.81. The summed E-state index contributed by atoms with van der Waals surface area (Å²) in [6.07, 6.45) is 1.51. The third-order valence-electron chi connectivity index (χ3n) is 3.70. The maximum Gasteiger partial charge on any atom is 0.330 e. The summed E-state index contributed by atoms with van der Waals surface area (Å²) in [7, 11) is -1.31. The number of hydrogen-bond acceptors (Lipinski definition) is 5. The van der Waals surface area contributed by atoms with Gasteiger partial charge in [-0.1, -0.05) is 0 Å². The van der Waals surface area contributed by atoms with Gasteiger partial charge in [0.1, 0.15) is 0 Å². The first-order valence-electron chi connectivity index (χ1n) is 6.63. The Bertz CT molecular complexity index is 756. The lowest BCUT2D eigenvalue weighted by Crippen LogP contribution is -2.44. The molecule has 0 spiro atoms. The maximum absolute atomic E-state index is 12.4. The van der Waals surface area contributed by atoms with Crippen LogP contribution in [0, 0.1) is 6.92 Å². The van der Waals surface area contributed by atoms with E-state index >= 15 is 0 Å². The van der Waals surface area contributed by atoms with E-state index in [0.717, 1.165) is 22.0 Å². The molecule has 2 rings (SSSR count). The van der Waals surface area contributed by atoms with Crippen LogP contribution in [0.4, 0.5) is 0 Å². The predicted molar refractivity (Wildman–Crippen MR) is 75.8 cm³/mol. The Kier molecular flexibility index (Phi) is 4.35. The second-order valence-electron chi connectivity index (χ2n) is 5.11. The van der Waals surface area contributed by atoms with E-state index in [2.05, 4.69) is 4.72 Å². The molecule has 8 nitrogen and oxygen atoms in total. The monoisotopic (exact) mass is 317 g/mol. The van der Waals surface area contributed by atoms with Gasteiger partial charge in [-0.2, -0.15) is 0 Å². The van der Waals surface area contributed by atoms with Gasteiger partial charge in [0, 0.05) is 32.9 Å². The first kappa shape index (κ1) is 15.9. The number of aromatic nitrogens is 2. The lowest BCUT2D eigenvalue weighted by molar-refractivity contribution is 0.114. The molecule has 1 aliphatic heterocycles. The zero-order valence-corrected chi connectivity index (χ0v) is 13.1. The average Bonchev–Trinajstić information content (AvgIpc) is 2.94. The molecule has 0 saturated carbocycles. The Morgan fingerprint density at radius 2 is 1.95 bits per heavy atom. The smallest absolute Gasteiger partial charge is 0.330 e. The Labute approximate surface area is 122 Å². The van der Waals surface area contributed by atoms with Crippen molar-refractivity contribution in [3.63, 3.8) is 0 Å². The Balaban J connectivity index is 2.40. The van der Waals surface area contributed by atoms with Crippen LogP contribution in [0.2, 0.25) is 0 Å². The van der Waals surface area contributed by atoms with E-state index in [4.69, 9.17) is 4.74 Å². The van der Waals surface area contributed by atoms with Crippen LogP contribution in [0.15, 0.2) is 14.5 Å². The first-order valence-corrected chi connectivity index (χ1v) is 8.12. The highest BCUT2D eigenvalue weighted by Crippen LogP contribution is 2.12. The van der Waals surface area contributed by atoms with Gasteiger partial charge < -0.3 is 4.74 Å². The van der Waals surface area contributed by atoms with Crippen LogP contribution in [-0.2, 0) is 28.9 Å². The zero-order chi connectivity index (χ0) is 15.8. The van der Waals surface area contributed by atoms with Crippen LogP contribution in [0.25, 0.3) is 0 Å². The average molecular weight is 317 g/mol. The van der Waals surface area contributed by atoms with Crippen LogP contribution >= 0.6 is 0 Å². The number of nitrogens with one attached hydrogen (secondary N) is 1. The minimum absolute atomic E-state index is 0.114. The van der Waals surface area contributed by atoms with Crippen molar-refractivity contribution < 1.29 is 13.2 Å². The van der Waals surface area contributed by atoms with E-state index in [1.165, 1.54) is 21.0 Å². The molecule has 1 N–H and O–H groups in total. The van der Waals surface area contributed by atoms with Crippen molar-refractivity contribution in [3.8, 4) is 0 Å². The van der Waals surface area contributed by atoms with Crippen molar-refractivity contribution in [2.45, 2.75) is 30.8 Å². The Hall–Kier alpha value is -1.45. The molecule has 1 unspecified atom stereocenters. The molecule has 2 heterocycles. The summed E-state index contributed by atoms with van der Waals surface area (Å²) in [5, 5.41) is 0. The van der Waals surface area contributed by atoms with Crippen LogP contribution in [0.3, 0.4) is 0 Å². The van der Waals surface area contributed by atoms with Gasteiger partial charge in [-0.3, -0.25) is 13.9 Å². The van der Waals surface area contributed by atoms with Crippen molar-refractivity contribution in [2.24, 2.45) is 14.1 Å². The summed E-state index contributed by atoms with van der Waals surface area (Å²) < 4.78 is 34.4. The van der Waals surface area contributed by atoms with Gasteiger partial charge in [-0.25, -0.2) is 17.9 Å². The summed E-state index contributed by atoms with van der Waals surface area (Å²) in [4.78, 5) is 23.5. The molecule has 9 heteroatoms. The van der Waals surface area contributed by atoms with Gasteiger partial charge in [0.25, 0.3) is 5.56 Å². The number of rotatable bonds is 4. The molecule has 1 fully saturated rings. The van der Waals surface area contributed by atoms with E-state index in [-0.39, 0.29) is 18.3 Å². The third-order valence-corrected chi connectivity index (χ3v) is 5.25. The summed E-state index contributed by atoms with van der Waals surface area (Å²) in [6.45, 7) is 2.17. The highest BCUT2D eigenvalue weighted by molar-refractivity contribution is 7.89. The first-order chi connectivity index (χ1) is 9.75. The summed E-state index contributed by atoms with van der Waals surface area (Å²) in [5.74, 6) is 0. The highest BCUT2D eigenvalue weighted by atomic mass is 32.2. The number of sulfonamides is 1. The van der Waals surface area contributed by atoms with E-state index in [9.17, 15) is 18.0 Å². The fraction of sp³-hybridized carbons (Fsp3) is 0.667. The number of hydrogen-bond donors (Lipinski definition) is 1. The molecular formula is C12H19N3O5S. The summed E-state index contributed by atoms with van der Waals surface area (Å²) in [6, 6.07) is 0. The molecule has 1 aromatic rings. The standard InChI is InChI=1S/C12H19N3O5S/c1-8-10(11(16)15(3)12(17)14(8)2)21(18,19)13-7-9-5-4-6-20-9/h9,13H,4-7H2,1-3H3. The molecule has 0 aliphatic carbocycles. The largest absolute Gasteiger partial charge is 0.377 e. The van der Waals surface area contributed by atoms with E-state index in [1.807, 2.05) is 0 Å². The molecule has 1 saturated heterocycles. The van der Waals surface area contributed by atoms with Crippen molar-refractivity contribution in [1.29, 1.82) is 0 Å². The molecular weight excluding hydrogens is 298 g/mol. The molecule has 0 amide bonds. The minimum Gasteiger partial charge on any atom is -0.377 e. The van der Waals surface area contributed by atoms with E-state index in [1.54, 1.807) is 0 Å². The van der Waals surface area contributed by atoms with Crippen molar-refractivity contribution in [2.75, 3.05) is 13.2 Å². The van der Waals surface area contributed by atoms with Crippen molar-refractivity contribution >= 4 is 10.0 Å². The minimum atomic E-state index is -3.99. The molecule has 118 valence electrons. The summed E-state index contributed by atoms with van der Waals surface area (Å²) >= 11 is 0. The zero-order valence-electron chi connectivity index (χ0n) is 12.2. The highest BCUT2D eigenvalue weighted by Gasteiger charge is 2.26. The fourth-order valence-electron chi connectivity index (χ4n) is 2.30. The molecule has 1 aromatic heterocycles. The molecule has 0 radical (unpaired) electrons. The fourth-order valence-corrected chi connectivity index (χ4v) is 3.75. The lowest BCUT2D eigenvalue weighted by atomic mass is 10.2. The van der Waals surface area contributed by atoms with Crippen LogP contribution in [-0.4, -0.2) is 36.8 Å². The topological polar surface area (TPSA) is 99.4 Å². The molecule has 1 aliphatic rings. The number of ether oxygens (including phenoxy) is 1. The van der Waals surface area contributed by atoms with Gasteiger partial charge in [0.2, 0.25) is 10.0 Å². The van der Waals surface area contributed by atoms with Gasteiger partial charge in [0.15, 0.2) is 4.90 Å². The van der Waals surface area contributed by atoms with Gasteiger partial charge in [0.05, 0.1) is 6.10 Å². The molecule has 0 bridgehead atoms. The Morgan fingerprint density at radius 1 is 1.29 bits per heavy atom. The second kappa shape index (κ2) is 5.74. The quantitative estimate of drug-likeness (QED) is 0.756. The maximum atomic E-state index is 12.4. The van der Waals surface area contributed by atoms with Crippen LogP contribution in [0.5, 0.6) is 0 Å². The van der Waals surface area contributed by atoms with Gasteiger partial charge in [-0.05, 0) is 19.8 Å². The molecule has 1 atom stereocenters. The van der Waals surface area contributed by atoms with Crippen LogP contribution < -0.4 is 16.0 Å². The Morgan fingerprint density at radius 3 is 2.52 bits per heavy atom. The van der Waals surface area contributed by atoms with Crippen molar-refractivity contribution in [1.82, 2.24) is 13.9 Å². The third kappa shape index (κ3) is 2.94. The molecule has 0 aromatic carbocycles. The SMILES string of the molecule is Cc1c(S(=O)(=O)NCC2CCCO2)c(=O)n(C)c(=O)n1C. The van der Waals surface area contributed by atoms with Crippen LogP contribution in [0.1, 0.15) is 18.5 Å². The van der Waals surface area contributed by atoms with Gasteiger partial charge in [-0.15, -0.1) is 0 Å². The molecule has 21 heavy (non-hydrogen) atoms. The van der Waals surface area contributed by atoms with Gasteiger partial charge >= 0.3 is 5.69 Å². The van der Waals surface area contributed by atoms with E-state index < -0.39 is 26.2 Å². The van der Waals surface area contributed by atoms with E-state index in [0.29, 0.717) is 6.61 Å². The summed E-state index contributed by atoms with van der Waals surface area (Å²) in [5.41, 5.74) is -1.27. The number of nitrogens with zero attached hydrogens (tertiary/aromatic N) is 2.